The maximum absolute atomic E-state index is 13.1. The second kappa shape index (κ2) is 5.19. The van der Waals surface area contributed by atoms with Gasteiger partial charge in [0.1, 0.15) is 5.82 Å². The van der Waals surface area contributed by atoms with E-state index in [0.29, 0.717) is 5.56 Å². The van der Waals surface area contributed by atoms with Gasteiger partial charge in [-0.05, 0) is 77.5 Å². The summed E-state index contributed by atoms with van der Waals surface area (Å²) in [5.74, 6) is -0.146. The minimum absolute atomic E-state index is 0.146. The molecule has 0 aliphatic carbocycles. The van der Waals surface area contributed by atoms with Gasteiger partial charge in [-0.1, -0.05) is 11.8 Å². The second-order valence-electron chi connectivity index (χ2n) is 3.47. The standard InChI is InChI=1S/C13H10FIS/c1-9-8-12(6-7-13(9)14)16-11-4-2-10(15)3-5-11/h2-8H,1H3. The molecule has 0 N–H and O–H groups in total. The highest BCUT2D eigenvalue weighted by atomic mass is 127. The average molecular weight is 344 g/mol. The van der Waals surface area contributed by atoms with Crippen LogP contribution in [0, 0.1) is 16.3 Å². The van der Waals surface area contributed by atoms with Gasteiger partial charge in [0.05, 0.1) is 0 Å². The Bertz CT molecular complexity index is 494. The van der Waals surface area contributed by atoms with E-state index in [1.165, 1.54) is 14.5 Å². The van der Waals surface area contributed by atoms with Gasteiger partial charge in [-0.3, -0.25) is 0 Å². The van der Waals surface area contributed by atoms with Gasteiger partial charge in [0.15, 0.2) is 0 Å². The molecule has 16 heavy (non-hydrogen) atoms. The molecule has 0 nitrogen and oxygen atoms in total. The molecular weight excluding hydrogens is 334 g/mol. The highest BCUT2D eigenvalue weighted by Crippen LogP contribution is 2.29. The number of halogens is 2. The highest BCUT2D eigenvalue weighted by molar-refractivity contribution is 14.1. The molecule has 2 aromatic rings. The van der Waals surface area contributed by atoms with Crippen LogP contribution in [0.3, 0.4) is 0 Å². The lowest BCUT2D eigenvalue weighted by atomic mass is 10.2. The number of hydrogen-bond donors (Lipinski definition) is 0. The molecule has 0 saturated heterocycles. The Balaban J connectivity index is 2.20. The monoisotopic (exact) mass is 344 g/mol. The van der Waals surface area contributed by atoms with E-state index in [4.69, 9.17) is 0 Å². The quantitative estimate of drug-likeness (QED) is 0.699. The Kier molecular flexibility index (Phi) is 3.86. The van der Waals surface area contributed by atoms with Gasteiger partial charge < -0.3 is 0 Å². The van der Waals surface area contributed by atoms with Crippen molar-refractivity contribution in [2.45, 2.75) is 16.7 Å². The van der Waals surface area contributed by atoms with Crippen LogP contribution in [0.5, 0.6) is 0 Å². The van der Waals surface area contributed by atoms with Gasteiger partial charge in [-0.2, -0.15) is 0 Å². The first-order valence-electron chi connectivity index (χ1n) is 4.85. The first kappa shape index (κ1) is 11.9. The summed E-state index contributed by atoms with van der Waals surface area (Å²) in [5, 5.41) is 0. The van der Waals surface area contributed by atoms with Crippen LogP contribution in [-0.2, 0) is 0 Å². The van der Waals surface area contributed by atoms with E-state index in [-0.39, 0.29) is 5.82 Å². The van der Waals surface area contributed by atoms with Crippen LogP contribution >= 0.6 is 34.4 Å². The van der Waals surface area contributed by atoms with E-state index >= 15 is 0 Å². The fraction of sp³-hybridized carbons (Fsp3) is 0.0769. The van der Waals surface area contributed by atoms with Crippen molar-refractivity contribution in [3.8, 4) is 0 Å². The third-order valence-corrected chi connectivity index (χ3v) is 3.90. The minimum atomic E-state index is -0.146. The summed E-state index contributed by atoms with van der Waals surface area (Å²) in [6.45, 7) is 1.79. The minimum Gasteiger partial charge on any atom is -0.207 e. The fourth-order valence-electron chi connectivity index (χ4n) is 1.32. The van der Waals surface area contributed by atoms with Crippen LogP contribution in [0.25, 0.3) is 0 Å². The summed E-state index contributed by atoms with van der Waals surface area (Å²) in [4.78, 5) is 2.24. The number of benzene rings is 2. The summed E-state index contributed by atoms with van der Waals surface area (Å²) in [7, 11) is 0. The van der Waals surface area contributed by atoms with Gasteiger partial charge in [0, 0.05) is 13.4 Å². The van der Waals surface area contributed by atoms with Crippen molar-refractivity contribution >= 4 is 34.4 Å². The van der Waals surface area contributed by atoms with E-state index in [9.17, 15) is 4.39 Å². The van der Waals surface area contributed by atoms with Gasteiger partial charge >= 0.3 is 0 Å². The molecule has 3 heteroatoms. The van der Waals surface area contributed by atoms with Crippen LogP contribution in [0.15, 0.2) is 52.3 Å². The summed E-state index contributed by atoms with van der Waals surface area (Å²) in [6, 6.07) is 13.5. The molecule has 0 spiro atoms. The molecule has 0 fully saturated rings. The molecule has 0 amide bonds. The van der Waals surface area contributed by atoms with Gasteiger partial charge in [0.25, 0.3) is 0 Å². The van der Waals surface area contributed by atoms with Crippen molar-refractivity contribution < 1.29 is 4.39 Å². The zero-order valence-corrected chi connectivity index (χ0v) is 11.7. The van der Waals surface area contributed by atoms with Crippen LogP contribution in [0.4, 0.5) is 4.39 Å². The molecule has 82 valence electrons. The van der Waals surface area contributed by atoms with Crippen molar-refractivity contribution in [1.29, 1.82) is 0 Å². The number of aryl methyl sites for hydroxylation is 1. The third kappa shape index (κ3) is 2.98. The topological polar surface area (TPSA) is 0 Å². The molecule has 0 aliphatic rings. The Morgan fingerprint density at radius 3 is 2.25 bits per heavy atom. The lowest BCUT2D eigenvalue weighted by Gasteiger charge is -2.03. The Labute approximate surface area is 112 Å². The Morgan fingerprint density at radius 1 is 1.00 bits per heavy atom. The molecule has 2 rings (SSSR count). The van der Waals surface area contributed by atoms with Crippen molar-refractivity contribution in [1.82, 2.24) is 0 Å². The fourth-order valence-corrected chi connectivity index (χ4v) is 2.60. The van der Waals surface area contributed by atoms with E-state index < -0.39 is 0 Å². The average Bonchev–Trinajstić information content (AvgIpc) is 2.27. The van der Waals surface area contributed by atoms with Crippen molar-refractivity contribution in [3.05, 3.63) is 57.4 Å². The summed E-state index contributed by atoms with van der Waals surface area (Å²) >= 11 is 3.93. The van der Waals surface area contributed by atoms with Crippen LogP contribution in [0.1, 0.15) is 5.56 Å². The third-order valence-electron chi connectivity index (χ3n) is 2.18. The molecule has 0 bridgehead atoms. The number of rotatable bonds is 2. The molecule has 0 unspecified atom stereocenters. The lowest BCUT2D eigenvalue weighted by molar-refractivity contribution is 0.617. The summed E-state index contributed by atoms with van der Waals surface area (Å²) < 4.78 is 14.3. The zero-order valence-electron chi connectivity index (χ0n) is 8.71. The first-order valence-corrected chi connectivity index (χ1v) is 6.74. The predicted octanol–water partition coefficient (Wildman–Crippen LogP) is 4.89. The molecule has 0 saturated carbocycles. The maximum Gasteiger partial charge on any atom is 0.126 e. The maximum atomic E-state index is 13.1. The van der Waals surface area contributed by atoms with Crippen LogP contribution in [-0.4, -0.2) is 0 Å². The smallest absolute Gasteiger partial charge is 0.126 e. The SMILES string of the molecule is Cc1cc(Sc2ccc(I)cc2)ccc1F. The van der Waals surface area contributed by atoms with E-state index in [2.05, 4.69) is 46.9 Å². The van der Waals surface area contributed by atoms with Crippen LogP contribution in [0.2, 0.25) is 0 Å². The molecule has 0 heterocycles. The Hall–Kier alpha value is -0.550. The molecule has 0 aromatic heterocycles. The van der Waals surface area contributed by atoms with Crippen molar-refractivity contribution in [2.75, 3.05) is 0 Å². The molecular formula is C13H10FIS. The first-order chi connectivity index (χ1) is 7.65. The van der Waals surface area contributed by atoms with Gasteiger partial charge in [-0.25, -0.2) is 4.39 Å². The Morgan fingerprint density at radius 2 is 1.62 bits per heavy atom. The normalized spacial score (nSPS) is 10.4. The highest BCUT2D eigenvalue weighted by Gasteiger charge is 2.01. The van der Waals surface area contributed by atoms with Crippen LogP contribution < -0.4 is 0 Å². The molecule has 0 radical (unpaired) electrons. The number of hydrogen-bond acceptors (Lipinski definition) is 1. The lowest BCUT2D eigenvalue weighted by Crippen LogP contribution is -1.82. The largest absolute Gasteiger partial charge is 0.207 e. The van der Waals surface area contributed by atoms with E-state index in [0.717, 1.165) is 4.90 Å². The van der Waals surface area contributed by atoms with E-state index in [1.54, 1.807) is 18.7 Å². The van der Waals surface area contributed by atoms with Crippen molar-refractivity contribution in [3.63, 3.8) is 0 Å². The second-order valence-corrected chi connectivity index (χ2v) is 5.86. The molecule has 0 aliphatic heterocycles. The van der Waals surface area contributed by atoms with Gasteiger partial charge in [-0.15, -0.1) is 0 Å². The van der Waals surface area contributed by atoms with Gasteiger partial charge in [0.2, 0.25) is 0 Å². The summed E-state index contributed by atoms with van der Waals surface area (Å²) in [5.41, 5.74) is 0.690. The van der Waals surface area contributed by atoms with Crippen molar-refractivity contribution in [2.24, 2.45) is 0 Å². The molecule has 0 atom stereocenters. The van der Waals surface area contributed by atoms with E-state index in [1.807, 2.05) is 12.1 Å². The predicted molar refractivity (Wildman–Crippen MR) is 74.4 cm³/mol. The zero-order chi connectivity index (χ0) is 11.5. The summed E-state index contributed by atoms with van der Waals surface area (Å²) in [6.07, 6.45) is 0. The molecule has 2 aromatic carbocycles.